The van der Waals surface area contributed by atoms with Crippen molar-refractivity contribution in [3.63, 3.8) is 0 Å². The lowest BCUT2D eigenvalue weighted by Crippen LogP contribution is -2.17. The molecule has 286 valence electrons. The van der Waals surface area contributed by atoms with Crippen LogP contribution in [0.15, 0.2) is 192 Å². The fraction of sp³-hybridized carbons (Fsp3) is 0.103. The van der Waals surface area contributed by atoms with E-state index in [0.717, 1.165) is 44.4 Å². The third kappa shape index (κ3) is 5.01. The van der Waals surface area contributed by atoms with Crippen LogP contribution in [0.5, 0.6) is 0 Å². The number of furan rings is 1. The Kier molecular flexibility index (Phi) is 7.36. The summed E-state index contributed by atoms with van der Waals surface area (Å²) in [6, 6.07) is 69.2. The summed E-state index contributed by atoms with van der Waals surface area (Å²) in [5, 5.41) is 4.87. The highest BCUT2D eigenvalue weighted by molar-refractivity contribution is 6.09. The Morgan fingerprint density at radius 3 is 1.70 bits per heavy atom. The minimum atomic E-state index is -0.197. The van der Waals surface area contributed by atoms with Crippen LogP contribution in [-0.4, -0.2) is 0 Å². The third-order valence-corrected chi connectivity index (χ3v) is 13.7. The molecule has 1 heterocycles. The molecule has 0 radical (unpaired) electrons. The zero-order valence-electron chi connectivity index (χ0n) is 34.3. The van der Waals surface area contributed by atoms with Crippen LogP contribution in [0.25, 0.3) is 77.2 Å². The van der Waals surface area contributed by atoms with Gasteiger partial charge in [-0.15, -0.1) is 0 Å². The van der Waals surface area contributed by atoms with E-state index in [1.165, 1.54) is 72.1 Å². The van der Waals surface area contributed by atoms with Crippen molar-refractivity contribution >= 4 is 49.8 Å². The molecule has 10 aromatic rings. The summed E-state index contributed by atoms with van der Waals surface area (Å²) in [5.74, 6) is 0. The van der Waals surface area contributed by atoms with Crippen molar-refractivity contribution in [3.8, 4) is 44.5 Å². The molecule has 0 spiro atoms. The predicted octanol–water partition coefficient (Wildman–Crippen LogP) is 16.2. The maximum atomic E-state index is 6.48. The molecule has 0 amide bonds. The molecule has 0 atom stereocenters. The Bertz CT molecular complexity index is 3350. The standard InChI is InChI=1S/C58H43NO/c1-57(2)49-21-13-22-53(55(49)48-35-51-47(34-52(48)57)46-32-39-16-8-9-17-40(39)33-50(46)58(51,3)4)59(41-28-24-37(25-29-41)36-14-6-5-7-15-36)42-30-26-38(27-31-42)43-19-12-20-45-44-18-10-11-23-54(44)60-56(43)45/h5-35H,1-4H3. The summed E-state index contributed by atoms with van der Waals surface area (Å²) >= 11 is 0. The molecule has 60 heavy (non-hydrogen) atoms. The summed E-state index contributed by atoms with van der Waals surface area (Å²) in [6.07, 6.45) is 0. The van der Waals surface area contributed by atoms with Crippen molar-refractivity contribution in [1.29, 1.82) is 0 Å². The number of hydrogen-bond donors (Lipinski definition) is 0. The van der Waals surface area contributed by atoms with Gasteiger partial charge in [0.15, 0.2) is 0 Å². The Hall–Kier alpha value is -7.16. The van der Waals surface area contributed by atoms with Gasteiger partial charge in [-0.3, -0.25) is 0 Å². The molecule has 2 nitrogen and oxygen atoms in total. The van der Waals surface area contributed by atoms with Gasteiger partial charge < -0.3 is 9.32 Å². The minimum absolute atomic E-state index is 0.142. The monoisotopic (exact) mass is 769 g/mol. The fourth-order valence-corrected chi connectivity index (χ4v) is 10.5. The van der Waals surface area contributed by atoms with E-state index in [1.807, 2.05) is 6.07 Å². The van der Waals surface area contributed by atoms with E-state index >= 15 is 0 Å². The van der Waals surface area contributed by atoms with E-state index < -0.39 is 0 Å². The lowest BCUT2D eigenvalue weighted by atomic mass is 9.79. The number of benzene rings is 9. The molecule has 0 fully saturated rings. The van der Waals surface area contributed by atoms with Crippen LogP contribution in [-0.2, 0) is 10.8 Å². The molecular formula is C58H43NO. The fourth-order valence-electron chi connectivity index (χ4n) is 10.5. The largest absolute Gasteiger partial charge is 0.455 e. The molecule has 0 N–H and O–H groups in total. The van der Waals surface area contributed by atoms with Gasteiger partial charge in [-0.05, 0) is 127 Å². The summed E-state index contributed by atoms with van der Waals surface area (Å²) in [5.41, 5.74) is 20.4. The molecule has 2 aliphatic carbocycles. The van der Waals surface area contributed by atoms with Crippen LogP contribution in [0.3, 0.4) is 0 Å². The van der Waals surface area contributed by atoms with Gasteiger partial charge >= 0.3 is 0 Å². The molecule has 0 unspecified atom stereocenters. The van der Waals surface area contributed by atoms with Crippen LogP contribution in [0.4, 0.5) is 17.1 Å². The molecule has 12 rings (SSSR count). The van der Waals surface area contributed by atoms with Crippen LogP contribution >= 0.6 is 0 Å². The van der Waals surface area contributed by atoms with Crippen molar-refractivity contribution in [1.82, 2.24) is 0 Å². The van der Waals surface area contributed by atoms with Crippen LogP contribution in [0, 0.1) is 0 Å². The zero-order chi connectivity index (χ0) is 40.3. The Morgan fingerprint density at radius 2 is 0.933 bits per heavy atom. The highest BCUT2D eigenvalue weighted by Gasteiger charge is 2.43. The second-order valence-electron chi connectivity index (χ2n) is 17.7. The molecule has 2 heteroatoms. The smallest absolute Gasteiger partial charge is 0.143 e. The first-order valence-corrected chi connectivity index (χ1v) is 21.1. The highest BCUT2D eigenvalue weighted by Crippen LogP contribution is 2.59. The quantitative estimate of drug-likeness (QED) is 0.173. The van der Waals surface area contributed by atoms with E-state index in [1.54, 1.807) is 0 Å². The summed E-state index contributed by atoms with van der Waals surface area (Å²) in [7, 11) is 0. The van der Waals surface area contributed by atoms with Crippen LogP contribution in [0.1, 0.15) is 49.9 Å². The zero-order valence-corrected chi connectivity index (χ0v) is 34.3. The van der Waals surface area contributed by atoms with E-state index in [0.29, 0.717) is 0 Å². The first kappa shape index (κ1) is 34.8. The van der Waals surface area contributed by atoms with Crippen molar-refractivity contribution in [3.05, 3.63) is 210 Å². The maximum absolute atomic E-state index is 6.48. The lowest BCUT2D eigenvalue weighted by Gasteiger charge is -2.29. The van der Waals surface area contributed by atoms with Crippen LogP contribution in [0.2, 0.25) is 0 Å². The molecule has 0 saturated carbocycles. The van der Waals surface area contributed by atoms with E-state index in [-0.39, 0.29) is 10.8 Å². The Labute approximate surface area is 351 Å². The number of nitrogens with zero attached hydrogens (tertiary/aromatic N) is 1. The number of para-hydroxylation sites is 2. The second-order valence-corrected chi connectivity index (χ2v) is 17.7. The number of rotatable bonds is 5. The summed E-state index contributed by atoms with van der Waals surface area (Å²) in [6.45, 7) is 9.61. The van der Waals surface area contributed by atoms with Crippen molar-refractivity contribution in [2.24, 2.45) is 0 Å². The topological polar surface area (TPSA) is 16.4 Å². The first-order chi connectivity index (χ1) is 29.3. The molecule has 0 saturated heterocycles. The van der Waals surface area contributed by atoms with E-state index in [4.69, 9.17) is 4.42 Å². The molecule has 0 bridgehead atoms. The molecule has 9 aromatic carbocycles. The Morgan fingerprint density at radius 1 is 0.383 bits per heavy atom. The molecule has 0 aliphatic heterocycles. The summed E-state index contributed by atoms with van der Waals surface area (Å²) in [4.78, 5) is 2.46. The maximum Gasteiger partial charge on any atom is 0.143 e. The average molecular weight is 770 g/mol. The highest BCUT2D eigenvalue weighted by atomic mass is 16.3. The minimum Gasteiger partial charge on any atom is -0.455 e. The molecular weight excluding hydrogens is 727 g/mol. The van der Waals surface area contributed by atoms with Gasteiger partial charge in [0.25, 0.3) is 0 Å². The van der Waals surface area contributed by atoms with E-state index in [9.17, 15) is 0 Å². The first-order valence-electron chi connectivity index (χ1n) is 21.1. The predicted molar refractivity (Wildman–Crippen MR) is 252 cm³/mol. The SMILES string of the molecule is CC1(C)c2cc3c(cc2-c2cc4ccccc4cc21)C(C)(C)c1cccc(N(c2ccc(-c4ccccc4)cc2)c2ccc(-c4cccc5c4oc4ccccc45)cc2)c1-3. The number of hydrogen-bond acceptors (Lipinski definition) is 2. The van der Waals surface area contributed by atoms with Gasteiger partial charge in [0.05, 0.1) is 5.69 Å². The lowest BCUT2D eigenvalue weighted by molar-refractivity contribution is 0.652. The van der Waals surface area contributed by atoms with Gasteiger partial charge in [0.2, 0.25) is 0 Å². The number of anilines is 3. The van der Waals surface area contributed by atoms with Gasteiger partial charge in [-0.25, -0.2) is 0 Å². The second kappa shape index (κ2) is 12.7. The van der Waals surface area contributed by atoms with Crippen molar-refractivity contribution < 1.29 is 4.42 Å². The van der Waals surface area contributed by atoms with Gasteiger partial charge in [0, 0.05) is 44.1 Å². The summed E-state index contributed by atoms with van der Waals surface area (Å²) < 4.78 is 6.48. The van der Waals surface area contributed by atoms with Crippen LogP contribution < -0.4 is 4.90 Å². The third-order valence-electron chi connectivity index (χ3n) is 13.7. The number of fused-ring (bicyclic) bond motifs is 10. The van der Waals surface area contributed by atoms with Gasteiger partial charge in [-0.1, -0.05) is 155 Å². The molecule has 2 aliphatic rings. The van der Waals surface area contributed by atoms with Crippen molar-refractivity contribution in [2.75, 3.05) is 4.90 Å². The van der Waals surface area contributed by atoms with Gasteiger partial charge in [-0.2, -0.15) is 0 Å². The average Bonchev–Trinajstić information content (AvgIpc) is 3.85. The Balaban J connectivity index is 1.04. The van der Waals surface area contributed by atoms with E-state index in [2.05, 4.69) is 215 Å². The normalized spacial score (nSPS) is 14.3. The van der Waals surface area contributed by atoms with Crippen molar-refractivity contribution in [2.45, 2.75) is 38.5 Å². The van der Waals surface area contributed by atoms with Gasteiger partial charge in [0.1, 0.15) is 11.2 Å². The molecule has 1 aromatic heterocycles.